The van der Waals surface area contributed by atoms with Crippen LogP contribution in [0.4, 0.5) is 0 Å². The Balaban J connectivity index is 1.43. The van der Waals surface area contributed by atoms with Crippen LogP contribution >= 0.6 is 0 Å². The molecule has 5 rings (SSSR count). The lowest BCUT2D eigenvalue weighted by atomic mass is 9.58. The summed E-state index contributed by atoms with van der Waals surface area (Å²) in [6.07, 6.45) is 2.47. The Morgan fingerprint density at radius 2 is 1.87 bits per heavy atom. The third-order valence-corrected chi connectivity index (χ3v) is 7.61. The highest BCUT2D eigenvalue weighted by Crippen LogP contribution is 2.60. The molecule has 1 amide bonds. The zero-order valence-electron chi connectivity index (χ0n) is 19.3. The van der Waals surface area contributed by atoms with E-state index in [1.54, 1.807) is 0 Å². The van der Waals surface area contributed by atoms with Crippen LogP contribution in [0.15, 0.2) is 0 Å². The van der Waals surface area contributed by atoms with Gasteiger partial charge in [0.15, 0.2) is 11.9 Å². The molecular weight excluding hydrogens is 402 g/mol. The Labute approximate surface area is 184 Å². The fourth-order valence-corrected chi connectivity index (χ4v) is 5.82. The topological polar surface area (TPSA) is 92.3 Å². The summed E-state index contributed by atoms with van der Waals surface area (Å²) in [5.41, 5.74) is -0.674. The number of carbonyl (C=O) groups excluding carboxylic acids is 2. The highest BCUT2D eigenvalue weighted by atomic mass is 17.3. The molecule has 1 saturated carbocycles. The van der Waals surface area contributed by atoms with Gasteiger partial charge in [-0.15, -0.1) is 0 Å². The molecule has 0 radical (unpaired) electrons. The van der Waals surface area contributed by atoms with E-state index >= 15 is 0 Å². The van der Waals surface area contributed by atoms with E-state index in [9.17, 15) is 9.59 Å². The summed E-state index contributed by atoms with van der Waals surface area (Å²) in [7, 11) is 0. The van der Waals surface area contributed by atoms with E-state index in [0.717, 1.165) is 25.7 Å². The quantitative estimate of drug-likeness (QED) is 0.501. The molecule has 4 saturated heterocycles. The molecule has 8 atom stereocenters. The van der Waals surface area contributed by atoms with Crippen molar-refractivity contribution in [1.82, 2.24) is 5.32 Å². The van der Waals surface area contributed by atoms with Crippen molar-refractivity contribution in [3.63, 3.8) is 0 Å². The Kier molecular flexibility index (Phi) is 6.38. The Hall–Kier alpha value is -1.22. The zero-order valence-corrected chi connectivity index (χ0v) is 19.3. The van der Waals surface area contributed by atoms with Crippen LogP contribution in [-0.4, -0.2) is 42.4 Å². The van der Waals surface area contributed by atoms with Crippen molar-refractivity contribution in [1.29, 1.82) is 0 Å². The Morgan fingerprint density at radius 3 is 2.61 bits per heavy atom. The number of hydrogen-bond acceptors (Lipinski definition) is 7. The van der Waals surface area contributed by atoms with E-state index in [-0.39, 0.29) is 36.5 Å². The van der Waals surface area contributed by atoms with Crippen LogP contribution in [0.1, 0.15) is 73.1 Å². The van der Waals surface area contributed by atoms with E-state index in [1.165, 1.54) is 0 Å². The van der Waals surface area contributed by atoms with Gasteiger partial charge in [0.2, 0.25) is 18.0 Å². The number of nitrogens with one attached hydrogen (secondary N) is 1. The van der Waals surface area contributed by atoms with Crippen molar-refractivity contribution >= 4 is 11.9 Å². The molecule has 8 nitrogen and oxygen atoms in total. The highest BCUT2D eigenvalue weighted by Gasteiger charge is 2.69. The summed E-state index contributed by atoms with van der Waals surface area (Å²) < 4.78 is 18.2. The van der Waals surface area contributed by atoms with Crippen LogP contribution in [0.5, 0.6) is 0 Å². The molecule has 1 spiro atoms. The van der Waals surface area contributed by atoms with Crippen LogP contribution in [-0.2, 0) is 33.6 Å². The van der Waals surface area contributed by atoms with E-state index in [0.29, 0.717) is 18.4 Å². The van der Waals surface area contributed by atoms with Gasteiger partial charge in [-0.05, 0) is 43.9 Å². The molecule has 2 bridgehead atoms. The molecule has 0 aromatic carbocycles. The third kappa shape index (κ3) is 4.24. The van der Waals surface area contributed by atoms with Gasteiger partial charge in [0.25, 0.3) is 0 Å². The fourth-order valence-electron chi connectivity index (χ4n) is 5.82. The summed E-state index contributed by atoms with van der Waals surface area (Å²) >= 11 is 0. The van der Waals surface area contributed by atoms with E-state index in [1.807, 2.05) is 27.7 Å². The first kappa shape index (κ1) is 23.0. The average molecular weight is 440 g/mol. The summed E-state index contributed by atoms with van der Waals surface area (Å²) in [4.78, 5) is 36.3. The molecule has 5 fully saturated rings. The van der Waals surface area contributed by atoms with Gasteiger partial charge in [-0.1, -0.05) is 27.7 Å². The molecule has 176 valence electrons. The lowest BCUT2D eigenvalue weighted by Gasteiger charge is -2.59. The van der Waals surface area contributed by atoms with Crippen molar-refractivity contribution in [2.24, 2.45) is 29.6 Å². The minimum absolute atomic E-state index is 0.0226. The van der Waals surface area contributed by atoms with E-state index in [2.05, 4.69) is 12.2 Å². The van der Waals surface area contributed by atoms with E-state index in [4.69, 9.17) is 24.0 Å². The van der Waals surface area contributed by atoms with Crippen LogP contribution < -0.4 is 5.32 Å². The Bertz CT molecular complexity index is 699. The molecule has 5 aliphatic rings. The van der Waals surface area contributed by atoms with Gasteiger partial charge >= 0.3 is 5.97 Å². The predicted octanol–water partition coefficient (Wildman–Crippen LogP) is 3.29. The number of rotatable bonds is 6. The normalized spacial score (nSPS) is 43.8. The SMILES string of the molecule is CC(C)CNC(=O)CCC(=O)O[C@@H]1O[C@@H]2O[C@@]3(C)CC[C@H]4[C@H](C)CC[C@@H]([C@H]1C)[C@]24OO3. The first-order chi connectivity index (χ1) is 14.6. The summed E-state index contributed by atoms with van der Waals surface area (Å²) in [5, 5.41) is 2.82. The molecular formula is C23H37NO7. The van der Waals surface area contributed by atoms with Gasteiger partial charge in [0, 0.05) is 31.2 Å². The number of esters is 1. The second kappa shape index (κ2) is 8.61. The molecule has 4 heterocycles. The predicted molar refractivity (Wildman–Crippen MR) is 110 cm³/mol. The minimum atomic E-state index is -0.860. The Morgan fingerprint density at radius 1 is 1.10 bits per heavy atom. The molecule has 0 unspecified atom stereocenters. The second-order valence-electron chi connectivity index (χ2n) is 10.5. The monoisotopic (exact) mass is 439 g/mol. The maximum absolute atomic E-state index is 12.5. The van der Waals surface area contributed by atoms with Crippen molar-refractivity contribution < 1.29 is 33.6 Å². The maximum Gasteiger partial charge on any atom is 0.308 e. The molecule has 4 aliphatic heterocycles. The van der Waals surface area contributed by atoms with Crippen molar-refractivity contribution in [3.8, 4) is 0 Å². The average Bonchev–Trinajstić information content (AvgIpc) is 2.94. The van der Waals surface area contributed by atoms with Gasteiger partial charge in [-0.3, -0.25) is 9.59 Å². The number of ether oxygens (including phenoxy) is 3. The van der Waals surface area contributed by atoms with E-state index < -0.39 is 29.9 Å². The number of fused-ring (bicyclic) bond motifs is 2. The molecule has 0 aromatic heterocycles. The molecule has 0 aromatic rings. The van der Waals surface area contributed by atoms with Crippen molar-refractivity contribution in [2.75, 3.05) is 6.54 Å². The van der Waals surface area contributed by atoms with Gasteiger partial charge in [0.05, 0.1) is 6.42 Å². The minimum Gasteiger partial charge on any atom is -0.435 e. The molecule has 1 aliphatic carbocycles. The van der Waals surface area contributed by atoms with Crippen molar-refractivity contribution in [2.45, 2.75) is 97.1 Å². The number of carbonyl (C=O) groups is 2. The molecule has 31 heavy (non-hydrogen) atoms. The molecule has 1 N–H and O–H groups in total. The summed E-state index contributed by atoms with van der Waals surface area (Å²) in [6, 6.07) is 0. The zero-order chi connectivity index (χ0) is 22.4. The second-order valence-corrected chi connectivity index (χ2v) is 10.5. The van der Waals surface area contributed by atoms with Crippen LogP contribution in [0, 0.1) is 29.6 Å². The largest absolute Gasteiger partial charge is 0.435 e. The molecule has 8 heteroatoms. The highest BCUT2D eigenvalue weighted by molar-refractivity contribution is 5.81. The third-order valence-electron chi connectivity index (χ3n) is 7.61. The van der Waals surface area contributed by atoms with Gasteiger partial charge < -0.3 is 19.5 Å². The lowest BCUT2D eigenvalue weighted by molar-refractivity contribution is -0.576. The van der Waals surface area contributed by atoms with Gasteiger partial charge in [0.1, 0.15) is 0 Å². The van der Waals surface area contributed by atoms with Gasteiger partial charge in [-0.25, -0.2) is 9.78 Å². The summed E-state index contributed by atoms with van der Waals surface area (Å²) in [5.74, 6) is -0.299. The smallest absolute Gasteiger partial charge is 0.308 e. The van der Waals surface area contributed by atoms with Crippen LogP contribution in [0.3, 0.4) is 0 Å². The summed E-state index contributed by atoms with van der Waals surface area (Å²) in [6.45, 7) is 10.8. The van der Waals surface area contributed by atoms with Crippen molar-refractivity contribution in [3.05, 3.63) is 0 Å². The first-order valence-corrected chi connectivity index (χ1v) is 11.8. The standard InChI is InChI=1S/C23H37NO7/c1-13(2)12-24-18(25)8-9-19(26)27-20-15(4)17-7-6-14(3)16-10-11-22(5)29-21(28-20)23(16,17)31-30-22/h13-17,20-21H,6-12H2,1-5H3,(H,24,25)/t14-,15-,16+,17+,20-,21-,22-,23+/m1/s1. The first-order valence-electron chi connectivity index (χ1n) is 11.8. The fraction of sp³-hybridized carbons (Fsp3) is 0.913. The number of hydrogen-bond donors (Lipinski definition) is 1. The van der Waals surface area contributed by atoms with Crippen LogP contribution in [0.2, 0.25) is 0 Å². The van der Waals surface area contributed by atoms with Gasteiger partial charge in [-0.2, -0.15) is 0 Å². The lowest BCUT2D eigenvalue weighted by Crippen LogP contribution is -2.70. The van der Waals surface area contributed by atoms with Crippen LogP contribution in [0.25, 0.3) is 0 Å². The number of amides is 1. The maximum atomic E-state index is 12.5.